The minimum atomic E-state index is -0.455. The maximum atomic E-state index is 13.0. The van der Waals surface area contributed by atoms with E-state index in [-0.39, 0.29) is 11.5 Å². The van der Waals surface area contributed by atoms with Crippen LogP contribution in [-0.4, -0.2) is 20.8 Å². The Balaban J connectivity index is 1.46. The van der Waals surface area contributed by atoms with Gasteiger partial charge < -0.3 is 9.84 Å². The number of rotatable bonds is 5. The lowest BCUT2D eigenvalue weighted by atomic mass is 10.1. The fourth-order valence-electron chi connectivity index (χ4n) is 2.75. The first-order valence-electron chi connectivity index (χ1n) is 8.80. The molecule has 1 amide bonds. The number of hydrogen-bond donors (Lipinski definition) is 1. The summed E-state index contributed by atoms with van der Waals surface area (Å²) >= 11 is 3.41. The molecule has 4 aromatic rings. The van der Waals surface area contributed by atoms with Gasteiger partial charge in [0.05, 0.1) is 11.0 Å². The Bertz CT molecular complexity index is 1150. The summed E-state index contributed by atoms with van der Waals surface area (Å²) in [5.74, 6) is -0.0479. The number of hydrogen-bond acceptors (Lipinski definition) is 4. The van der Waals surface area contributed by atoms with Crippen molar-refractivity contribution in [3.8, 4) is 11.3 Å². The molecule has 0 saturated heterocycles. The topological polar surface area (TPSA) is 73.0 Å². The molecule has 0 spiro atoms. The zero-order chi connectivity index (χ0) is 20.4. The van der Waals surface area contributed by atoms with E-state index in [0.717, 1.165) is 5.56 Å². The van der Waals surface area contributed by atoms with Crippen LogP contribution in [0, 0.1) is 12.7 Å². The van der Waals surface area contributed by atoms with Crippen molar-refractivity contribution in [1.29, 1.82) is 0 Å². The molecule has 2 heterocycles. The van der Waals surface area contributed by atoms with E-state index in [9.17, 15) is 9.18 Å². The lowest BCUT2D eigenvalue weighted by molar-refractivity contribution is 0.101. The van der Waals surface area contributed by atoms with E-state index in [1.807, 2.05) is 31.2 Å². The highest BCUT2D eigenvalue weighted by molar-refractivity contribution is 9.10. The standard InChI is InChI=1S/C21H16BrFN4O2/c1-13-2-4-14(5-3-13)11-27-12-17(22)20(25-27)24-21(28)18-10-19(29-26-18)15-6-8-16(23)9-7-15/h2-10,12H,11H2,1H3,(H,24,25,28). The summed E-state index contributed by atoms with van der Waals surface area (Å²) in [6.45, 7) is 2.61. The highest BCUT2D eigenvalue weighted by Crippen LogP contribution is 2.24. The Morgan fingerprint density at radius 1 is 1.17 bits per heavy atom. The van der Waals surface area contributed by atoms with Gasteiger partial charge in [-0.05, 0) is 52.7 Å². The number of anilines is 1. The fourth-order valence-corrected chi connectivity index (χ4v) is 3.16. The van der Waals surface area contributed by atoms with Crippen LogP contribution in [0.15, 0.2) is 69.8 Å². The summed E-state index contributed by atoms with van der Waals surface area (Å²) in [7, 11) is 0. The van der Waals surface area contributed by atoms with Crippen molar-refractivity contribution in [1.82, 2.24) is 14.9 Å². The lowest BCUT2D eigenvalue weighted by Gasteiger charge is -2.02. The van der Waals surface area contributed by atoms with E-state index in [0.29, 0.717) is 28.2 Å². The van der Waals surface area contributed by atoms with Crippen molar-refractivity contribution in [2.24, 2.45) is 0 Å². The summed E-state index contributed by atoms with van der Waals surface area (Å²) in [5.41, 5.74) is 3.02. The zero-order valence-corrected chi connectivity index (χ0v) is 17.0. The molecule has 4 rings (SSSR count). The van der Waals surface area contributed by atoms with Gasteiger partial charge in [0.2, 0.25) is 0 Å². The van der Waals surface area contributed by atoms with Crippen molar-refractivity contribution < 1.29 is 13.7 Å². The summed E-state index contributed by atoms with van der Waals surface area (Å²) < 4.78 is 20.6. The second-order valence-electron chi connectivity index (χ2n) is 6.55. The number of nitrogens with zero attached hydrogens (tertiary/aromatic N) is 3. The molecule has 0 aliphatic rings. The number of aryl methyl sites for hydroxylation is 1. The number of amides is 1. The molecule has 0 atom stereocenters. The molecule has 146 valence electrons. The van der Waals surface area contributed by atoms with Crippen molar-refractivity contribution in [3.63, 3.8) is 0 Å². The Labute approximate surface area is 174 Å². The van der Waals surface area contributed by atoms with Gasteiger partial charge in [-0.3, -0.25) is 9.48 Å². The third-order valence-corrected chi connectivity index (χ3v) is 4.87. The molecular weight excluding hydrogens is 439 g/mol. The molecule has 2 aromatic heterocycles. The number of halogens is 2. The Kier molecular flexibility index (Phi) is 5.26. The first-order valence-corrected chi connectivity index (χ1v) is 9.60. The average molecular weight is 455 g/mol. The van der Waals surface area contributed by atoms with E-state index in [1.54, 1.807) is 23.0 Å². The summed E-state index contributed by atoms with van der Waals surface area (Å²) in [6, 6.07) is 15.4. The number of carbonyl (C=O) groups is 1. The van der Waals surface area contributed by atoms with Crippen LogP contribution >= 0.6 is 15.9 Å². The molecule has 8 heteroatoms. The predicted molar refractivity (Wildman–Crippen MR) is 110 cm³/mol. The minimum absolute atomic E-state index is 0.101. The van der Waals surface area contributed by atoms with Crippen molar-refractivity contribution in [3.05, 3.63) is 87.9 Å². The highest BCUT2D eigenvalue weighted by atomic mass is 79.9. The van der Waals surface area contributed by atoms with Crippen LogP contribution in [-0.2, 0) is 6.54 Å². The molecule has 6 nitrogen and oxygen atoms in total. The SMILES string of the molecule is Cc1ccc(Cn2cc(Br)c(NC(=O)c3cc(-c4ccc(F)cc4)on3)n2)cc1. The van der Waals surface area contributed by atoms with E-state index < -0.39 is 5.91 Å². The predicted octanol–water partition coefficient (Wildman–Crippen LogP) is 5.05. The van der Waals surface area contributed by atoms with Crippen LogP contribution in [0.4, 0.5) is 10.2 Å². The summed E-state index contributed by atoms with van der Waals surface area (Å²) in [6.07, 6.45) is 1.79. The first-order chi connectivity index (χ1) is 14.0. The molecule has 0 unspecified atom stereocenters. The van der Waals surface area contributed by atoms with Crippen LogP contribution in [0.5, 0.6) is 0 Å². The van der Waals surface area contributed by atoms with Gasteiger partial charge in [0, 0.05) is 17.8 Å². The van der Waals surface area contributed by atoms with Gasteiger partial charge in [0.15, 0.2) is 17.3 Å². The monoisotopic (exact) mass is 454 g/mol. The van der Waals surface area contributed by atoms with Crippen LogP contribution < -0.4 is 5.32 Å². The van der Waals surface area contributed by atoms with E-state index >= 15 is 0 Å². The molecule has 0 aliphatic carbocycles. The van der Waals surface area contributed by atoms with Crippen molar-refractivity contribution in [2.45, 2.75) is 13.5 Å². The number of aromatic nitrogens is 3. The van der Waals surface area contributed by atoms with Crippen LogP contribution in [0.2, 0.25) is 0 Å². The molecule has 1 N–H and O–H groups in total. The maximum Gasteiger partial charge on any atom is 0.279 e. The smallest absolute Gasteiger partial charge is 0.279 e. The Morgan fingerprint density at radius 3 is 2.62 bits per heavy atom. The fraction of sp³-hybridized carbons (Fsp3) is 0.0952. The van der Waals surface area contributed by atoms with Crippen molar-refractivity contribution in [2.75, 3.05) is 5.32 Å². The van der Waals surface area contributed by atoms with Gasteiger partial charge >= 0.3 is 0 Å². The second kappa shape index (κ2) is 8.00. The number of nitrogens with one attached hydrogen (secondary N) is 1. The normalized spacial score (nSPS) is 10.9. The Hall–Kier alpha value is -3.26. The number of carbonyl (C=O) groups excluding carboxylic acids is 1. The summed E-state index contributed by atoms with van der Waals surface area (Å²) in [4.78, 5) is 12.5. The molecule has 0 saturated carbocycles. The zero-order valence-electron chi connectivity index (χ0n) is 15.4. The van der Waals surface area contributed by atoms with E-state index in [2.05, 4.69) is 31.5 Å². The summed E-state index contributed by atoms with van der Waals surface area (Å²) in [5, 5.41) is 10.9. The van der Waals surface area contributed by atoms with Crippen LogP contribution in [0.25, 0.3) is 11.3 Å². The first kappa shape index (κ1) is 19.1. The average Bonchev–Trinajstić information content (AvgIpc) is 3.32. The maximum absolute atomic E-state index is 13.0. The van der Waals surface area contributed by atoms with Crippen LogP contribution in [0.1, 0.15) is 21.6 Å². The van der Waals surface area contributed by atoms with Gasteiger partial charge in [-0.25, -0.2) is 4.39 Å². The highest BCUT2D eigenvalue weighted by Gasteiger charge is 2.17. The molecule has 0 radical (unpaired) electrons. The minimum Gasteiger partial charge on any atom is -0.355 e. The van der Waals surface area contributed by atoms with Gasteiger partial charge in [0.25, 0.3) is 5.91 Å². The Morgan fingerprint density at radius 2 is 1.90 bits per heavy atom. The third kappa shape index (κ3) is 4.43. The molecule has 0 fully saturated rings. The largest absolute Gasteiger partial charge is 0.355 e. The quantitative estimate of drug-likeness (QED) is 0.457. The molecule has 29 heavy (non-hydrogen) atoms. The van der Waals surface area contributed by atoms with E-state index in [1.165, 1.54) is 23.8 Å². The van der Waals surface area contributed by atoms with Gasteiger partial charge in [-0.15, -0.1) is 0 Å². The van der Waals surface area contributed by atoms with E-state index in [4.69, 9.17) is 4.52 Å². The second-order valence-corrected chi connectivity index (χ2v) is 7.40. The van der Waals surface area contributed by atoms with Gasteiger partial charge in [-0.1, -0.05) is 35.0 Å². The molecule has 0 aliphatic heterocycles. The molecule has 2 aromatic carbocycles. The lowest BCUT2D eigenvalue weighted by Crippen LogP contribution is -2.13. The number of benzene rings is 2. The van der Waals surface area contributed by atoms with Gasteiger partial charge in [0.1, 0.15) is 5.82 Å². The van der Waals surface area contributed by atoms with Gasteiger partial charge in [-0.2, -0.15) is 5.10 Å². The third-order valence-electron chi connectivity index (χ3n) is 4.29. The molecule has 0 bridgehead atoms. The van der Waals surface area contributed by atoms with Crippen molar-refractivity contribution >= 4 is 27.7 Å². The van der Waals surface area contributed by atoms with Crippen LogP contribution in [0.3, 0.4) is 0 Å². The molecular formula is C21H16BrFN4O2.